The molecule has 23 heavy (non-hydrogen) atoms. The molecule has 0 aromatic heterocycles. The number of hydrogen-bond acceptors (Lipinski definition) is 3. The van der Waals surface area contributed by atoms with Gasteiger partial charge in [-0.3, -0.25) is 4.79 Å². The second-order valence-electron chi connectivity index (χ2n) is 5.05. The summed E-state index contributed by atoms with van der Waals surface area (Å²) in [5.41, 5.74) is 1.43. The van der Waals surface area contributed by atoms with Crippen molar-refractivity contribution in [3.05, 3.63) is 58.1 Å². The zero-order valence-electron chi connectivity index (χ0n) is 12.3. The van der Waals surface area contributed by atoms with Gasteiger partial charge in [0.15, 0.2) is 9.84 Å². The molecule has 0 unspecified atom stereocenters. The SMILES string of the molecule is Cc1ccc(NC(=O)CCS(=O)(=O)c2ccc(Cl)cc2)c(Cl)c1. The Kier molecular flexibility index (Phi) is 5.68. The average molecular weight is 372 g/mol. The molecule has 0 radical (unpaired) electrons. The van der Waals surface area contributed by atoms with Crippen molar-refractivity contribution in [1.82, 2.24) is 0 Å². The van der Waals surface area contributed by atoms with Crippen LogP contribution in [-0.2, 0) is 14.6 Å². The maximum Gasteiger partial charge on any atom is 0.225 e. The molecule has 0 atom stereocenters. The monoisotopic (exact) mass is 371 g/mol. The molecular weight excluding hydrogens is 357 g/mol. The molecule has 0 saturated heterocycles. The van der Waals surface area contributed by atoms with Crippen LogP contribution in [0.15, 0.2) is 47.4 Å². The number of rotatable bonds is 5. The summed E-state index contributed by atoms with van der Waals surface area (Å²) in [5.74, 6) is -0.697. The van der Waals surface area contributed by atoms with Gasteiger partial charge in [0.2, 0.25) is 5.91 Å². The summed E-state index contributed by atoms with van der Waals surface area (Å²) in [6.45, 7) is 1.89. The zero-order chi connectivity index (χ0) is 17.0. The normalized spacial score (nSPS) is 11.3. The lowest BCUT2D eigenvalue weighted by molar-refractivity contribution is -0.115. The fourth-order valence-corrected chi connectivity index (χ4v) is 3.57. The Hall–Kier alpha value is -1.56. The fraction of sp³-hybridized carbons (Fsp3) is 0.188. The van der Waals surface area contributed by atoms with Gasteiger partial charge < -0.3 is 5.32 Å². The predicted molar refractivity (Wildman–Crippen MR) is 92.9 cm³/mol. The molecule has 0 bridgehead atoms. The lowest BCUT2D eigenvalue weighted by atomic mass is 10.2. The minimum Gasteiger partial charge on any atom is -0.325 e. The molecule has 122 valence electrons. The van der Waals surface area contributed by atoms with Crippen LogP contribution in [0.5, 0.6) is 0 Å². The molecule has 0 aliphatic heterocycles. The van der Waals surface area contributed by atoms with Gasteiger partial charge in [0.25, 0.3) is 0 Å². The van der Waals surface area contributed by atoms with Gasteiger partial charge in [-0.25, -0.2) is 8.42 Å². The van der Waals surface area contributed by atoms with Crippen LogP contribution in [0.3, 0.4) is 0 Å². The van der Waals surface area contributed by atoms with Gasteiger partial charge in [-0.05, 0) is 48.9 Å². The van der Waals surface area contributed by atoms with E-state index in [0.717, 1.165) is 5.56 Å². The Labute approximate surface area is 145 Å². The van der Waals surface area contributed by atoms with Crippen molar-refractivity contribution in [2.45, 2.75) is 18.2 Å². The topological polar surface area (TPSA) is 63.2 Å². The van der Waals surface area contributed by atoms with Crippen molar-refractivity contribution in [1.29, 1.82) is 0 Å². The highest BCUT2D eigenvalue weighted by molar-refractivity contribution is 7.91. The number of nitrogens with one attached hydrogen (secondary N) is 1. The number of aryl methyl sites for hydroxylation is 1. The number of amides is 1. The van der Waals surface area contributed by atoms with Crippen LogP contribution in [0, 0.1) is 6.92 Å². The summed E-state index contributed by atoms with van der Waals surface area (Å²) in [7, 11) is -3.53. The van der Waals surface area contributed by atoms with Gasteiger partial charge in [-0.15, -0.1) is 0 Å². The molecule has 1 N–H and O–H groups in total. The van der Waals surface area contributed by atoms with Gasteiger partial charge in [-0.2, -0.15) is 0 Å². The van der Waals surface area contributed by atoms with Crippen LogP contribution in [0.4, 0.5) is 5.69 Å². The first kappa shape index (κ1) is 17.8. The van der Waals surface area contributed by atoms with Crippen LogP contribution in [-0.4, -0.2) is 20.1 Å². The van der Waals surface area contributed by atoms with Crippen LogP contribution in [0.2, 0.25) is 10.0 Å². The van der Waals surface area contributed by atoms with Gasteiger partial charge in [-0.1, -0.05) is 29.3 Å². The zero-order valence-corrected chi connectivity index (χ0v) is 14.7. The highest BCUT2D eigenvalue weighted by Gasteiger charge is 2.17. The Bertz CT molecular complexity index is 818. The van der Waals surface area contributed by atoms with Crippen molar-refractivity contribution in [3.63, 3.8) is 0 Å². The minimum absolute atomic E-state index is 0.142. The molecule has 0 fully saturated rings. The minimum atomic E-state index is -3.53. The van der Waals surface area contributed by atoms with Crippen molar-refractivity contribution in [2.24, 2.45) is 0 Å². The van der Waals surface area contributed by atoms with Crippen molar-refractivity contribution in [2.75, 3.05) is 11.1 Å². The van der Waals surface area contributed by atoms with Gasteiger partial charge in [0.1, 0.15) is 0 Å². The van der Waals surface area contributed by atoms with Gasteiger partial charge in [0.05, 0.1) is 21.4 Å². The number of carbonyl (C=O) groups is 1. The number of halogens is 2. The number of benzene rings is 2. The first-order valence-corrected chi connectivity index (χ1v) is 9.23. The maximum absolute atomic E-state index is 12.2. The summed E-state index contributed by atoms with van der Waals surface area (Å²) in [6, 6.07) is 11.1. The number of anilines is 1. The van der Waals surface area contributed by atoms with E-state index < -0.39 is 15.7 Å². The van der Waals surface area contributed by atoms with E-state index in [2.05, 4.69) is 5.32 Å². The molecular formula is C16H15Cl2NO3S. The van der Waals surface area contributed by atoms with E-state index >= 15 is 0 Å². The van der Waals surface area contributed by atoms with E-state index in [0.29, 0.717) is 15.7 Å². The van der Waals surface area contributed by atoms with Crippen LogP contribution < -0.4 is 5.32 Å². The molecule has 1 amide bonds. The molecule has 0 saturated carbocycles. The second kappa shape index (κ2) is 7.34. The number of hydrogen-bond donors (Lipinski definition) is 1. The standard InChI is InChI=1S/C16H15Cl2NO3S/c1-11-2-7-15(14(18)10-11)19-16(20)8-9-23(21,22)13-5-3-12(17)4-6-13/h2-7,10H,8-9H2,1H3,(H,19,20). The Balaban J connectivity index is 1.99. The largest absolute Gasteiger partial charge is 0.325 e. The molecule has 4 nitrogen and oxygen atoms in total. The first-order valence-electron chi connectivity index (χ1n) is 6.82. The summed E-state index contributed by atoms with van der Waals surface area (Å²) in [6.07, 6.45) is -0.158. The quantitative estimate of drug-likeness (QED) is 0.859. The number of sulfone groups is 1. The third-order valence-corrected chi connectivity index (χ3v) is 5.47. The van der Waals surface area contributed by atoms with Crippen molar-refractivity contribution < 1.29 is 13.2 Å². The second-order valence-corrected chi connectivity index (χ2v) is 8.01. The van der Waals surface area contributed by atoms with E-state index in [-0.39, 0.29) is 17.1 Å². The third kappa shape index (κ3) is 4.96. The van der Waals surface area contributed by atoms with Crippen molar-refractivity contribution >= 4 is 44.6 Å². The summed E-state index contributed by atoms with van der Waals surface area (Å²) >= 11 is 11.8. The summed E-state index contributed by atoms with van der Waals surface area (Å²) < 4.78 is 24.3. The Morgan fingerprint density at radius 2 is 1.74 bits per heavy atom. The molecule has 0 heterocycles. The molecule has 2 aromatic rings. The van der Waals surface area contributed by atoms with Gasteiger partial charge >= 0.3 is 0 Å². The lowest BCUT2D eigenvalue weighted by Crippen LogP contribution is -2.17. The molecule has 0 aliphatic carbocycles. The molecule has 7 heteroatoms. The highest BCUT2D eigenvalue weighted by atomic mass is 35.5. The number of carbonyl (C=O) groups excluding carboxylic acids is 1. The molecule has 0 spiro atoms. The predicted octanol–water partition coefficient (Wildman–Crippen LogP) is 4.10. The summed E-state index contributed by atoms with van der Waals surface area (Å²) in [4.78, 5) is 12.1. The van der Waals surface area contributed by atoms with Crippen molar-refractivity contribution in [3.8, 4) is 0 Å². The molecule has 2 rings (SSSR count). The molecule has 0 aliphatic rings. The van der Waals surface area contributed by atoms with E-state index in [1.54, 1.807) is 12.1 Å². The van der Waals surface area contributed by atoms with E-state index in [4.69, 9.17) is 23.2 Å². The fourth-order valence-electron chi connectivity index (χ4n) is 1.92. The Morgan fingerprint density at radius 1 is 1.09 bits per heavy atom. The van der Waals surface area contributed by atoms with E-state index in [1.165, 1.54) is 24.3 Å². The Morgan fingerprint density at radius 3 is 2.35 bits per heavy atom. The average Bonchev–Trinajstić information content (AvgIpc) is 2.49. The third-order valence-electron chi connectivity index (χ3n) is 3.17. The van der Waals surface area contributed by atoms with Crippen LogP contribution in [0.1, 0.15) is 12.0 Å². The summed E-state index contributed by atoms with van der Waals surface area (Å²) in [5, 5.41) is 3.48. The highest BCUT2D eigenvalue weighted by Crippen LogP contribution is 2.23. The van der Waals surface area contributed by atoms with Crippen LogP contribution in [0.25, 0.3) is 0 Å². The molecule has 2 aromatic carbocycles. The van der Waals surface area contributed by atoms with Gasteiger partial charge in [0, 0.05) is 11.4 Å². The lowest BCUT2D eigenvalue weighted by Gasteiger charge is -2.08. The van der Waals surface area contributed by atoms with E-state index in [9.17, 15) is 13.2 Å². The maximum atomic E-state index is 12.2. The smallest absolute Gasteiger partial charge is 0.225 e. The first-order chi connectivity index (χ1) is 10.8. The van der Waals surface area contributed by atoms with E-state index in [1.807, 2.05) is 13.0 Å². The van der Waals surface area contributed by atoms with Crippen LogP contribution >= 0.6 is 23.2 Å².